The number of carbonyl (C=O) groups excluding carboxylic acids is 1. The Kier molecular flexibility index (Phi) is 6.54. The Labute approximate surface area is 181 Å². The van der Waals surface area contributed by atoms with E-state index < -0.39 is 20.4 Å². The lowest BCUT2D eigenvalue weighted by atomic mass is 10.2. The minimum Gasteiger partial charge on any atom is -0.439 e. The zero-order chi connectivity index (χ0) is 22.4. The van der Waals surface area contributed by atoms with E-state index in [4.69, 9.17) is 4.74 Å². The van der Waals surface area contributed by atoms with E-state index in [-0.39, 0.29) is 17.1 Å². The van der Waals surface area contributed by atoms with Crippen LogP contribution in [0.25, 0.3) is 0 Å². The number of aromatic nitrogens is 1. The molecule has 156 valence electrons. The number of hydrogen-bond donors (Lipinski definition) is 0. The monoisotopic (exact) mass is 454 g/mol. The van der Waals surface area contributed by atoms with Crippen LogP contribution in [-0.2, 0) is 9.73 Å². The van der Waals surface area contributed by atoms with Crippen LogP contribution in [-0.4, -0.2) is 26.2 Å². The highest BCUT2D eigenvalue weighted by Crippen LogP contribution is 2.23. The van der Waals surface area contributed by atoms with Crippen molar-refractivity contribution < 1.29 is 18.7 Å². The van der Waals surface area contributed by atoms with Gasteiger partial charge in [0.25, 0.3) is 5.69 Å². The second kappa shape index (κ2) is 9.29. The van der Waals surface area contributed by atoms with Gasteiger partial charge in [-0.2, -0.15) is 5.26 Å². The summed E-state index contributed by atoms with van der Waals surface area (Å²) in [6.07, 6.45) is 3.51. The second-order valence-electron chi connectivity index (χ2n) is 6.05. The Morgan fingerprint density at radius 2 is 2.03 bits per heavy atom. The number of nitro groups is 1. The van der Waals surface area contributed by atoms with Crippen molar-refractivity contribution in [2.24, 2.45) is 4.36 Å². The SMILES string of the molecule is CS(=O)(=NC=C(C#N)C(=O)c1cccs1)c1ccc(Oc2ccc([N+](=O)[O-])cn2)cc1. The van der Waals surface area contributed by atoms with Crippen molar-refractivity contribution in [2.75, 3.05) is 6.26 Å². The molecule has 3 aromatic rings. The number of carbonyl (C=O) groups is 1. The third-order valence-corrected chi connectivity index (χ3v) is 6.43. The average Bonchev–Trinajstić information content (AvgIpc) is 3.30. The molecule has 11 heteroatoms. The van der Waals surface area contributed by atoms with E-state index in [1.54, 1.807) is 35.7 Å². The third kappa shape index (κ3) is 5.39. The number of pyridine rings is 1. The average molecular weight is 454 g/mol. The number of ether oxygens (including phenoxy) is 1. The quantitative estimate of drug-likeness (QED) is 0.167. The molecule has 1 unspecified atom stereocenters. The molecular formula is C20H14N4O5S2. The summed E-state index contributed by atoms with van der Waals surface area (Å²) in [7, 11) is -2.92. The number of rotatable bonds is 7. The summed E-state index contributed by atoms with van der Waals surface area (Å²) in [5.41, 5.74) is -0.362. The number of thiophene rings is 1. The standard InChI is InChI=1S/C20H14N4O5S2/c1-31(28,23-12-14(11-21)20(25)18-3-2-10-30-18)17-7-5-16(6-8-17)29-19-9-4-15(13-22-19)24(26)27/h2-10,12-13H,1H3. The number of ketones is 1. The van der Waals surface area contributed by atoms with Gasteiger partial charge < -0.3 is 4.74 Å². The van der Waals surface area contributed by atoms with Gasteiger partial charge in [0.05, 0.1) is 25.7 Å². The summed E-state index contributed by atoms with van der Waals surface area (Å²) in [5, 5.41) is 21.6. The maximum Gasteiger partial charge on any atom is 0.287 e. The van der Waals surface area contributed by atoms with Crippen molar-refractivity contribution >= 4 is 32.5 Å². The van der Waals surface area contributed by atoms with E-state index in [0.717, 1.165) is 12.4 Å². The molecule has 0 spiro atoms. The fourth-order valence-corrected chi connectivity index (χ4v) is 4.06. The fraction of sp³-hybridized carbons (Fsp3) is 0.0500. The lowest BCUT2D eigenvalue weighted by Gasteiger charge is -2.07. The molecule has 0 aliphatic rings. The number of benzene rings is 1. The van der Waals surface area contributed by atoms with Crippen LogP contribution in [0.3, 0.4) is 0 Å². The van der Waals surface area contributed by atoms with Gasteiger partial charge >= 0.3 is 0 Å². The number of Topliss-reactive ketones (excluding diaryl/α,β-unsaturated/α-hetero) is 1. The van der Waals surface area contributed by atoms with Gasteiger partial charge in [-0.25, -0.2) is 13.6 Å². The molecule has 0 fully saturated rings. The highest BCUT2D eigenvalue weighted by Gasteiger charge is 2.14. The van der Waals surface area contributed by atoms with Crippen LogP contribution in [0.4, 0.5) is 5.69 Å². The second-order valence-corrected chi connectivity index (χ2v) is 9.29. The van der Waals surface area contributed by atoms with Gasteiger partial charge in [-0.15, -0.1) is 11.3 Å². The summed E-state index contributed by atoms with van der Waals surface area (Å²) in [6.45, 7) is 0. The van der Waals surface area contributed by atoms with E-state index >= 15 is 0 Å². The molecule has 9 nitrogen and oxygen atoms in total. The highest BCUT2D eigenvalue weighted by atomic mass is 32.2. The zero-order valence-corrected chi connectivity index (χ0v) is 17.6. The predicted octanol–water partition coefficient (Wildman–Crippen LogP) is 4.59. The van der Waals surface area contributed by atoms with Crippen molar-refractivity contribution in [3.8, 4) is 17.7 Å². The molecule has 2 heterocycles. The van der Waals surface area contributed by atoms with Crippen LogP contribution in [0.15, 0.2) is 81.1 Å². The summed E-state index contributed by atoms with van der Waals surface area (Å²) in [5.74, 6) is 0.0613. The van der Waals surface area contributed by atoms with E-state index in [0.29, 0.717) is 15.5 Å². The van der Waals surface area contributed by atoms with Gasteiger partial charge in [-0.3, -0.25) is 14.9 Å². The van der Waals surface area contributed by atoms with Crippen molar-refractivity contribution in [2.45, 2.75) is 4.90 Å². The summed E-state index contributed by atoms with van der Waals surface area (Å²) in [4.78, 5) is 27.0. The molecule has 2 aromatic heterocycles. The molecule has 1 aromatic carbocycles. The minimum absolute atomic E-state index is 0.155. The molecule has 0 aliphatic carbocycles. The van der Waals surface area contributed by atoms with Crippen LogP contribution in [0.5, 0.6) is 11.6 Å². The third-order valence-electron chi connectivity index (χ3n) is 3.91. The van der Waals surface area contributed by atoms with E-state index in [2.05, 4.69) is 9.35 Å². The highest BCUT2D eigenvalue weighted by molar-refractivity contribution is 7.93. The first-order valence-corrected chi connectivity index (χ1v) is 11.4. The first-order chi connectivity index (χ1) is 14.8. The van der Waals surface area contributed by atoms with E-state index in [1.165, 1.54) is 41.9 Å². The Morgan fingerprint density at radius 3 is 2.58 bits per heavy atom. The van der Waals surface area contributed by atoms with Crippen LogP contribution in [0.1, 0.15) is 9.67 Å². The molecule has 0 N–H and O–H groups in total. The number of hydrogen-bond acceptors (Lipinski definition) is 9. The maximum absolute atomic E-state index is 12.9. The molecule has 0 aliphatic heterocycles. The molecule has 0 saturated carbocycles. The summed E-state index contributed by atoms with van der Waals surface area (Å²) >= 11 is 1.20. The minimum atomic E-state index is -2.92. The van der Waals surface area contributed by atoms with Crippen molar-refractivity contribution in [1.82, 2.24) is 4.98 Å². The lowest BCUT2D eigenvalue weighted by Crippen LogP contribution is -2.01. The molecule has 0 radical (unpaired) electrons. The van der Waals surface area contributed by atoms with Crippen LogP contribution < -0.4 is 4.74 Å². The lowest BCUT2D eigenvalue weighted by molar-refractivity contribution is -0.385. The van der Waals surface area contributed by atoms with Crippen molar-refractivity contribution in [3.05, 3.63) is 86.9 Å². The van der Waals surface area contributed by atoms with Crippen LogP contribution in [0.2, 0.25) is 0 Å². The number of nitrogens with zero attached hydrogens (tertiary/aromatic N) is 4. The molecule has 0 bridgehead atoms. The topological polar surface area (TPSA) is 136 Å². The molecule has 1 atom stereocenters. The van der Waals surface area contributed by atoms with Gasteiger partial charge in [0.15, 0.2) is 0 Å². The molecule has 31 heavy (non-hydrogen) atoms. The fourth-order valence-electron chi connectivity index (χ4n) is 2.31. The van der Waals surface area contributed by atoms with Gasteiger partial charge in [0.1, 0.15) is 23.6 Å². The number of allylic oxidation sites excluding steroid dienone is 1. The first-order valence-electron chi connectivity index (χ1n) is 8.58. The maximum atomic E-state index is 12.9. The van der Waals surface area contributed by atoms with Crippen molar-refractivity contribution in [3.63, 3.8) is 0 Å². The Bertz CT molecular complexity index is 1300. The van der Waals surface area contributed by atoms with Gasteiger partial charge in [-0.05, 0) is 35.7 Å². The Balaban J connectivity index is 1.78. The Morgan fingerprint density at radius 1 is 1.29 bits per heavy atom. The first kappa shape index (κ1) is 21.8. The smallest absolute Gasteiger partial charge is 0.287 e. The number of nitriles is 1. The summed E-state index contributed by atoms with van der Waals surface area (Å²) < 4.78 is 22.4. The van der Waals surface area contributed by atoms with E-state index in [9.17, 15) is 24.4 Å². The predicted molar refractivity (Wildman–Crippen MR) is 115 cm³/mol. The largest absolute Gasteiger partial charge is 0.439 e. The molecule has 0 amide bonds. The molecule has 3 rings (SSSR count). The Hall–Kier alpha value is -3.88. The zero-order valence-electron chi connectivity index (χ0n) is 16.0. The van der Waals surface area contributed by atoms with Gasteiger partial charge in [0.2, 0.25) is 11.7 Å². The van der Waals surface area contributed by atoms with Crippen molar-refractivity contribution in [1.29, 1.82) is 5.26 Å². The van der Waals surface area contributed by atoms with E-state index in [1.807, 2.05) is 0 Å². The normalized spacial score (nSPS) is 13.0. The molecular weight excluding hydrogens is 440 g/mol. The van der Waals surface area contributed by atoms with Crippen LogP contribution in [0, 0.1) is 21.4 Å². The summed E-state index contributed by atoms with van der Waals surface area (Å²) in [6, 6.07) is 13.9. The van der Waals surface area contributed by atoms with Gasteiger partial charge in [-0.1, -0.05) is 6.07 Å². The van der Waals surface area contributed by atoms with Gasteiger partial charge in [0, 0.05) is 23.3 Å². The van der Waals surface area contributed by atoms with Crippen LogP contribution >= 0.6 is 11.3 Å². The molecule has 0 saturated heterocycles.